The van der Waals surface area contributed by atoms with E-state index in [4.69, 9.17) is 5.11 Å². The molecule has 0 unspecified atom stereocenters. The highest BCUT2D eigenvalue weighted by molar-refractivity contribution is 7.90. The van der Waals surface area contributed by atoms with E-state index in [1.165, 1.54) is 6.26 Å². The Bertz CT molecular complexity index is 199. The minimum Gasteiger partial charge on any atom is -0.392 e. The van der Waals surface area contributed by atoms with E-state index in [1.807, 2.05) is 0 Å². The molecule has 0 radical (unpaired) electrons. The fraction of sp³-hybridized carbons (Fsp3) is 1.00. The molecular weight excluding hydrogens is 178 g/mol. The molecule has 0 saturated heterocycles. The van der Waals surface area contributed by atoms with Gasteiger partial charge in [0.25, 0.3) is 0 Å². The highest BCUT2D eigenvalue weighted by atomic mass is 32.2. The third-order valence-corrected chi connectivity index (χ3v) is 2.34. The van der Waals surface area contributed by atoms with Crippen molar-refractivity contribution >= 4 is 9.84 Å². The molecule has 0 heterocycles. The van der Waals surface area contributed by atoms with Crippen molar-refractivity contribution in [2.45, 2.75) is 19.4 Å². The Morgan fingerprint density at radius 2 is 2.08 bits per heavy atom. The molecule has 0 spiro atoms. The zero-order valence-electron chi connectivity index (χ0n) is 7.58. The van der Waals surface area contributed by atoms with E-state index in [-0.39, 0.29) is 11.9 Å². The van der Waals surface area contributed by atoms with Gasteiger partial charge in [-0.05, 0) is 19.9 Å². The van der Waals surface area contributed by atoms with E-state index in [0.29, 0.717) is 19.5 Å². The van der Waals surface area contributed by atoms with E-state index < -0.39 is 9.84 Å². The maximum absolute atomic E-state index is 10.7. The van der Waals surface area contributed by atoms with Gasteiger partial charge in [0.15, 0.2) is 0 Å². The normalized spacial score (nSPS) is 14.6. The summed E-state index contributed by atoms with van der Waals surface area (Å²) in [5, 5.41) is 11.8. The summed E-state index contributed by atoms with van der Waals surface area (Å²) in [7, 11) is -2.83. The first-order chi connectivity index (χ1) is 5.42. The van der Waals surface area contributed by atoms with Gasteiger partial charge >= 0.3 is 0 Å². The lowest BCUT2D eigenvalue weighted by Gasteiger charge is -2.05. The molecule has 0 saturated carbocycles. The third kappa shape index (κ3) is 9.87. The standard InChI is InChI=1S/C7H17NO3S/c1-7(9)6-8-4-3-5-12(2,10)11/h7-9H,3-6H2,1-2H3/t7-/m1/s1. The van der Waals surface area contributed by atoms with E-state index in [2.05, 4.69) is 5.32 Å². The van der Waals surface area contributed by atoms with Crippen molar-refractivity contribution in [3.63, 3.8) is 0 Å². The van der Waals surface area contributed by atoms with Crippen molar-refractivity contribution in [3.8, 4) is 0 Å². The van der Waals surface area contributed by atoms with E-state index >= 15 is 0 Å². The monoisotopic (exact) mass is 195 g/mol. The van der Waals surface area contributed by atoms with Crippen LogP contribution >= 0.6 is 0 Å². The minimum absolute atomic E-state index is 0.208. The Balaban J connectivity index is 3.23. The first-order valence-corrected chi connectivity index (χ1v) is 6.04. The van der Waals surface area contributed by atoms with Crippen LogP contribution in [0.15, 0.2) is 0 Å². The van der Waals surface area contributed by atoms with Gasteiger partial charge in [0.05, 0.1) is 11.9 Å². The van der Waals surface area contributed by atoms with Gasteiger partial charge in [-0.25, -0.2) is 8.42 Å². The number of aliphatic hydroxyl groups excluding tert-OH is 1. The number of aliphatic hydroxyl groups is 1. The second-order valence-electron chi connectivity index (χ2n) is 3.04. The van der Waals surface area contributed by atoms with Gasteiger partial charge in [0.1, 0.15) is 9.84 Å². The summed E-state index contributed by atoms with van der Waals surface area (Å²) in [4.78, 5) is 0. The Kier molecular flexibility index (Phi) is 5.44. The van der Waals surface area contributed by atoms with Gasteiger partial charge in [-0.2, -0.15) is 0 Å². The van der Waals surface area contributed by atoms with Gasteiger partial charge in [0.2, 0.25) is 0 Å². The highest BCUT2D eigenvalue weighted by Gasteiger charge is 2.00. The number of hydrogen-bond acceptors (Lipinski definition) is 4. The fourth-order valence-corrected chi connectivity index (χ4v) is 1.44. The fourth-order valence-electron chi connectivity index (χ4n) is 0.770. The van der Waals surface area contributed by atoms with Crippen LogP contribution in [0.5, 0.6) is 0 Å². The average Bonchev–Trinajstić information content (AvgIpc) is 1.83. The molecule has 74 valence electrons. The quantitative estimate of drug-likeness (QED) is 0.555. The minimum atomic E-state index is -2.83. The highest BCUT2D eigenvalue weighted by Crippen LogP contribution is 1.86. The van der Waals surface area contributed by atoms with Crippen LogP contribution in [-0.4, -0.2) is 44.7 Å². The molecule has 0 bridgehead atoms. The molecule has 1 atom stereocenters. The van der Waals surface area contributed by atoms with Gasteiger partial charge in [-0.15, -0.1) is 0 Å². The molecular formula is C7H17NO3S. The lowest BCUT2D eigenvalue weighted by atomic mass is 10.4. The molecule has 0 aromatic heterocycles. The Morgan fingerprint density at radius 3 is 2.50 bits per heavy atom. The lowest BCUT2D eigenvalue weighted by molar-refractivity contribution is 0.191. The summed E-state index contributed by atoms with van der Waals surface area (Å²) < 4.78 is 21.3. The lowest BCUT2D eigenvalue weighted by Crippen LogP contribution is -2.26. The molecule has 0 amide bonds. The van der Waals surface area contributed by atoms with E-state index in [9.17, 15) is 8.42 Å². The van der Waals surface area contributed by atoms with Crippen LogP contribution in [0.25, 0.3) is 0 Å². The molecule has 0 fully saturated rings. The molecule has 0 aromatic rings. The first-order valence-electron chi connectivity index (χ1n) is 3.98. The van der Waals surface area contributed by atoms with E-state index in [1.54, 1.807) is 6.92 Å². The topological polar surface area (TPSA) is 66.4 Å². The Morgan fingerprint density at radius 1 is 1.50 bits per heavy atom. The average molecular weight is 195 g/mol. The molecule has 0 aliphatic heterocycles. The van der Waals surface area contributed by atoms with Crippen LogP contribution in [0.1, 0.15) is 13.3 Å². The summed E-state index contributed by atoms with van der Waals surface area (Å²) in [5.41, 5.74) is 0. The van der Waals surface area contributed by atoms with Crippen molar-refractivity contribution in [1.29, 1.82) is 0 Å². The molecule has 12 heavy (non-hydrogen) atoms. The summed E-state index contributed by atoms with van der Waals surface area (Å²) in [5.74, 6) is 0.208. The number of rotatable bonds is 6. The summed E-state index contributed by atoms with van der Waals surface area (Å²) in [6.07, 6.45) is 1.45. The van der Waals surface area contributed by atoms with Crippen molar-refractivity contribution in [2.24, 2.45) is 0 Å². The molecule has 5 heteroatoms. The van der Waals surface area contributed by atoms with Crippen molar-refractivity contribution in [1.82, 2.24) is 5.32 Å². The van der Waals surface area contributed by atoms with Crippen molar-refractivity contribution in [2.75, 3.05) is 25.1 Å². The zero-order valence-corrected chi connectivity index (χ0v) is 8.39. The predicted octanol–water partition coefficient (Wildman–Crippen LogP) is -0.608. The van der Waals surface area contributed by atoms with Crippen LogP contribution < -0.4 is 5.32 Å². The molecule has 0 rings (SSSR count). The molecule has 0 aromatic carbocycles. The zero-order chi connectivity index (χ0) is 9.61. The maximum Gasteiger partial charge on any atom is 0.147 e. The van der Waals surface area contributed by atoms with Gasteiger partial charge in [-0.1, -0.05) is 0 Å². The van der Waals surface area contributed by atoms with Gasteiger partial charge < -0.3 is 10.4 Å². The van der Waals surface area contributed by atoms with Crippen LogP contribution in [0.3, 0.4) is 0 Å². The van der Waals surface area contributed by atoms with E-state index in [0.717, 1.165) is 0 Å². The van der Waals surface area contributed by atoms with Gasteiger partial charge in [0, 0.05) is 12.8 Å². The first kappa shape index (κ1) is 11.9. The molecule has 2 N–H and O–H groups in total. The predicted molar refractivity (Wildman–Crippen MR) is 48.9 cm³/mol. The maximum atomic E-state index is 10.7. The Hall–Kier alpha value is -0.130. The summed E-state index contributed by atoms with van der Waals surface area (Å²) in [6, 6.07) is 0. The molecule has 0 aliphatic carbocycles. The smallest absolute Gasteiger partial charge is 0.147 e. The molecule has 4 nitrogen and oxygen atoms in total. The molecule has 0 aliphatic rings. The third-order valence-electron chi connectivity index (χ3n) is 1.31. The van der Waals surface area contributed by atoms with Crippen LogP contribution in [0.2, 0.25) is 0 Å². The second-order valence-corrected chi connectivity index (χ2v) is 5.30. The largest absolute Gasteiger partial charge is 0.392 e. The second kappa shape index (κ2) is 5.50. The number of sulfone groups is 1. The summed E-state index contributed by atoms with van der Waals surface area (Å²) in [6.45, 7) is 2.84. The van der Waals surface area contributed by atoms with Crippen LogP contribution in [-0.2, 0) is 9.84 Å². The number of nitrogens with one attached hydrogen (secondary N) is 1. The SMILES string of the molecule is C[C@@H](O)CNCCCS(C)(=O)=O. The van der Waals surface area contributed by atoms with Crippen molar-refractivity contribution < 1.29 is 13.5 Å². The van der Waals surface area contributed by atoms with Crippen LogP contribution in [0, 0.1) is 0 Å². The van der Waals surface area contributed by atoms with Gasteiger partial charge in [-0.3, -0.25) is 0 Å². The Labute approximate surface area is 73.9 Å². The van der Waals surface area contributed by atoms with Crippen LogP contribution in [0.4, 0.5) is 0 Å². The number of hydrogen-bond donors (Lipinski definition) is 2. The summed E-state index contributed by atoms with van der Waals surface area (Å²) >= 11 is 0. The van der Waals surface area contributed by atoms with Crippen molar-refractivity contribution in [3.05, 3.63) is 0 Å².